The van der Waals surface area contributed by atoms with E-state index in [2.05, 4.69) is 198 Å². The quantitative estimate of drug-likeness (QED) is 0.170. The monoisotopic (exact) mass is 716 g/mol. The molecular weight excluding hydrogens is 677 g/mol. The summed E-state index contributed by atoms with van der Waals surface area (Å²) in [4.78, 5) is 11.7. The van der Waals surface area contributed by atoms with Crippen LogP contribution in [0.1, 0.15) is 58.6 Å². The molecule has 0 spiro atoms. The molecule has 2 atom stereocenters. The van der Waals surface area contributed by atoms with Gasteiger partial charge in [0.25, 0.3) is 0 Å². The number of fused-ring (bicyclic) bond motifs is 9. The fourth-order valence-electron chi connectivity index (χ4n) is 10.4. The lowest BCUT2D eigenvalue weighted by Crippen LogP contribution is -2.26. The van der Waals surface area contributed by atoms with E-state index in [1.165, 1.54) is 77.9 Å². The second kappa shape index (κ2) is 11.9. The zero-order valence-corrected chi connectivity index (χ0v) is 32.1. The maximum absolute atomic E-state index is 5.85. The molecule has 2 heteroatoms. The van der Waals surface area contributed by atoms with Crippen LogP contribution in [0.25, 0.3) is 66.3 Å². The van der Waals surface area contributed by atoms with E-state index in [-0.39, 0.29) is 0 Å². The first-order chi connectivity index (χ1) is 27.4. The molecular formula is C54H40N2. The van der Waals surface area contributed by atoms with Gasteiger partial charge in [-0.05, 0) is 118 Å². The van der Waals surface area contributed by atoms with Crippen molar-refractivity contribution >= 4 is 21.8 Å². The minimum Gasteiger partial charge on any atom is -0.249 e. The highest BCUT2D eigenvalue weighted by Gasteiger charge is 2.45. The normalized spacial score (nSPS) is 17.8. The van der Waals surface area contributed by atoms with E-state index in [4.69, 9.17) is 9.97 Å². The van der Waals surface area contributed by atoms with Crippen LogP contribution >= 0.6 is 0 Å². The van der Waals surface area contributed by atoms with Crippen LogP contribution in [0.4, 0.5) is 0 Å². The van der Waals surface area contributed by atoms with Crippen LogP contribution in [-0.4, -0.2) is 9.97 Å². The minimum atomic E-state index is -0.483. The van der Waals surface area contributed by atoms with Gasteiger partial charge in [-0.3, -0.25) is 0 Å². The first-order valence-electron chi connectivity index (χ1n) is 19.7. The first kappa shape index (κ1) is 32.8. The molecule has 0 amide bonds. The highest BCUT2D eigenvalue weighted by Crippen LogP contribution is 2.56. The van der Waals surface area contributed by atoms with Gasteiger partial charge in [0.2, 0.25) is 0 Å². The summed E-state index contributed by atoms with van der Waals surface area (Å²) < 4.78 is 0. The Balaban J connectivity index is 1.30. The molecule has 0 aliphatic heterocycles. The summed E-state index contributed by atoms with van der Waals surface area (Å²) in [6.07, 6.45) is 0. The van der Waals surface area contributed by atoms with E-state index in [1.807, 2.05) is 0 Å². The number of benzene rings is 7. The third kappa shape index (κ3) is 4.38. The summed E-state index contributed by atoms with van der Waals surface area (Å²) in [7, 11) is 0. The minimum absolute atomic E-state index is 0.483. The zero-order chi connectivity index (χ0) is 37.8. The summed E-state index contributed by atoms with van der Waals surface area (Å²) in [6.45, 7) is 9.25. The molecule has 2 aliphatic rings. The SMILES string of the molecule is Cc1cccc2c1C(C)(c1cc(-c3ccccc3)c3ccc4c(-c5ccccc5)cc(C5(C)c6ccccc6-c6cccc(C)c65)nc4c3n1)c1ccccc1-2. The molecule has 2 heterocycles. The number of aromatic nitrogens is 2. The largest absolute Gasteiger partial charge is 0.249 e. The lowest BCUT2D eigenvalue weighted by molar-refractivity contribution is 0.682. The van der Waals surface area contributed by atoms with Crippen LogP contribution < -0.4 is 0 Å². The Labute approximate surface area is 328 Å². The molecule has 0 fully saturated rings. The van der Waals surface area contributed by atoms with Crippen LogP contribution in [0.3, 0.4) is 0 Å². The maximum atomic E-state index is 5.85. The van der Waals surface area contributed by atoms with Crippen molar-refractivity contribution in [2.45, 2.75) is 38.5 Å². The lowest BCUT2D eigenvalue weighted by atomic mass is 9.74. The fourth-order valence-corrected chi connectivity index (χ4v) is 10.4. The predicted molar refractivity (Wildman–Crippen MR) is 232 cm³/mol. The van der Waals surface area contributed by atoms with Gasteiger partial charge in [-0.25, -0.2) is 9.97 Å². The van der Waals surface area contributed by atoms with Gasteiger partial charge in [0.1, 0.15) is 0 Å². The van der Waals surface area contributed by atoms with Gasteiger partial charge in [0.05, 0.1) is 33.3 Å². The van der Waals surface area contributed by atoms with Gasteiger partial charge < -0.3 is 0 Å². The third-order valence-electron chi connectivity index (χ3n) is 13.0. The molecule has 9 aromatic rings. The van der Waals surface area contributed by atoms with E-state index in [1.54, 1.807) is 0 Å². The highest BCUT2D eigenvalue weighted by atomic mass is 14.8. The molecule has 7 aromatic carbocycles. The van der Waals surface area contributed by atoms with Crippen molar-refractivity contribution in [1.82, 2.24) is 9.97 Å². The highest BCUT2D eigenvalue weighted by molar-refractivity contribution is 6.12. The molecule has 266 valence electrons. The van der Waals surface area contributed by atoms with Crippen LogP contribution in [0.15, 0.2) is 170 Å². The number of hydrogen-bond acceptors (Lipinski definition) is 2. The van der Waals surface area contributed by atoms with E-state index in [9.17, 15) is 0 Å². The van der Waals surface area contributed by atoms with Crippen molar-refractivity contribution < 1.29 is 0 Å². The molecule has 11 rings (SSSR count). The molecule has 0 N–H and O–H groups in total. The Bertz CT molecular complexity index is 2860. The summed E-state index contributed by atoms with van der Waals surface area (Å²) in [5.74, 6) is 0. The zero-order valence-electron chi connectivity index (χ0n) is 32.1. The first-order valence-corrected chi connectivity index (χ1v) is 19.7. The van der Waals surface area contributed by atoms with Crippen molar-refractivity contribution in [2.75, 3.05) is 0 Å². The molecule has 0 radical (unpaired) electrons. The molecule has 0 saturated carbocycles. The van der Waals surface area contributed by atoms with Crippen molar-refractivity contribution in [3.8, 4) is 44.5 Å². The van der Waals surface area contributed by atoms with Crippen molar-refractivity contribution in [3.05, 3.63) is 215 Å². The Morgan fingerprint density at radius 2 is 0.732 bits per heavy atom. The topological polar surface area (TPSA) is 25.8 Å². The van der Waals surface area contributed by atoms with Crippen LogP contribution in [0.2, 0.25) is 0 Å². The van der Waals surface area contributed by atoms with Crippen LogP contribution in [-0.2, 0) is 10.8 Å². The molecule has 0 bridgehead atoms. The Kier molecular flexibility index (Phi) is 6.98. The van der Waals surface area contributed by atoms with E-state index >= 15 is 0 Å². The molecule has 56 heavy (non-hydrogen) atoms. The summed E-state index contributed by atoms with van der Waals surface area (Å²) in [5.41, 5.74) is 20.5. The smallest absolute Gasteiger partial charge is 0.0975 e. The number of nitrogens with zero attached hydrogens (tertiary/aromatic N) is 2. The van der Waals surface area contributed by atoms with Gasteiger partial charge in [0.15, 0.2) is 0 Å². The fraction of sp³-hybridized carbons (Fsp3) is 0.111. The summed E-state index contributed by atoms with van der Waals surface area (Å²) in [5, 5.41) is 2.20. The molecule has 2 unspecified atom stereocenters. The number of pyridine rings is 2. The summed E-state index contributed by atoms with van der Waals surface area (Å²) in [6, 6.07) is 62.1. The third-order valence-corrected chi connectivity index (χ3v) is 13.0. The Morgan fingerprint density at radius 3 is 1.16 bits per heavy atom. The average molecular weight is 717 g/mol. The Morgan fingerprint density at radius 1 is 0.357 bits per heavy atom. The lowest BCUT2D eigenvalue weighted by Gasteiger charge is -2.30. The number of aryl methyl sites for hydroxylation is 2. The second-order valence-corrected chi connectivity index (χ2v) is 16.0. The predicted octanol–water partition coefficient (Wildman–Crippen LogP) is 13.4. The number of rotatable bonds is 4. The van der Waals surface area contributed by atoms with E-state index in [0.29, 0.717) is 0 Å². The van der Waals surface area contributed by atoms with Crippen molar-refractivity contribution in [3.63, 3.8) is 0 Å². The van der Waals surface area contributed by atoms with Crippen molar-refractivity contribution in [1.29, 1.82) is 0 Å². The standard InChI is InChI=1S/C54H40N2/c1-33-17-15-25-39-37-23-11-13-27-45(37)53(3,49(33)39)47-31-43(35-19-7-5-8-20-35)41-29-30-42-44(36-21-9-6-10-22-36)32-48(56-52(42)51(41)55-47)54(4)46-28-14-12-24-38(46)40-26-16-18-34(2)50(40)54/h5-32H,1-4H3. The molecule has 2 aliphatic carbocycles. The van der Waals surface area contributed by atoms with Gasteiger partial charge in [-0.15, -0.1) is 0 Å². The molecule has 2 aromatic heterocycles. The van der Waals surface area contributed by atoms with Gasteiger partial charge >= 0.3 is 0 Å². The number of hydrogen-bond donors (Lipinski definition) is 0. The average Bonchev–Trinajstić information content (AvgIpc) is 3.68. The maximum Gasteiger partial charge on any atom is 0.0975 e. The van der Waals surface area contributed by atoms with Gasteiger partial charge in [-0.1, -0.05) is 158 Å². The van der Waals surface area contributed by atoms with Crippen molar-refractivity contribution in [2.24, 2.45) is 0 Å². The Hall–Kier alpha value is -6.64. The molecule has 0 saturated heterocycles. The summed E-state index contributed by atoms with van der Waals surface area (Å²) >= 11 is 0. The molecule has 2 nitrogen and oxygen atoms in total. The van der Waals surface area contributed by atoms with Gasteiger partial charge in [0, 0.05) is 10.8 Å². The van der Waals surface area contributed by atoms with E-state index < -0.39 is 10.8 Å². The second-order valence-electron chi connectivity index (χ2n) is 16.0. The van der Waals surface area contributed by atoms with Crippen LogP contribution in [0.5, 0.6) is 0 Å². The van der Waals surface area contributed by atoms with Gasteiger partial charge in [-0.2, -0.15) is 0 Å². The van der Waals surface area contributed by atoms with E-state index in [0.717, 1.165) is 33.2 Å². The van der Waals surface area contributed by atoms with Crippen LogP contribution in [0, 0.1) is 13.8 Å².